The van der Waals surface area contributed by atoms with Crippen LogP contribution in [0.1, 0.15) is 6.92 Å². The van der Waals surface area contributed by atoms with Gasteiger partial charge in [0, 0.05) is 24.2 Å². The first-order valence-electron chi connectivity index (χ1n) is 5.53. The van der Waals surface area contributed by atoms with E-state index >= 15 is 0 Å². The topological polar surface area (TPSA) is 64.3 Å². The van der Waals surface area contributed by atoms with Gasteiger partial charge in [-0.05, 0) is 19.1 Å². The number of rotatable bonds is 6. The molecule has 0 spiro atoms. The predicted molar refractivity (Wildman–Crippen MR) is 76.1 cm³/mol. The Kier molecular flexibility index (Phi) is 6.32. The van der Waals surface area contributed by atoms with Crippen LogP contribution in [0.25, 0.3) is 0 Å². The number of hydrogen-bond donors (Lipinski definition) is 2. The third-order valence-electron chi connectivity index (χ3n) is 2.27. The van der Waals surface area contributed by atoms with Crippen LogP contribution in [-0.4, -0.2) is 31.4 Å². The molecule has 0 saturated heterocycles. The second kappa shape index (κ2) is 7.51. The molecule has 1 rings (SSSR count). The number of halogens is 1. The van der Waals surface area contributed by atoms with E-state index in [9.17, 15) is 4.79 Å². The summed E-state index contributed by atoms with van der Waals surface area (Å²) in [6.45, 7) is 2.81. The Labute approximate surface area is 116 Å². The third-order valence-corrected chi connectivity index (χ3v) is 3.95. The highest BCUT2D eigenvalue weighted by molar-refractivity contribution is 8.00. The van der Waals surface area contributed by atoms with Gasteiger partial charge in [-0.15, -0.1) is 11.8 Å². The summed E-state index contributed by atoms with van der Waals surface area (Å²) in [5, 5.41) is 3.08. The van der Waals surface area contributed by atoms with Crippen molar-refractivity contribution in [2.24, 2.45) is 0 Å². The maximum Gasteiger partial charge on any atom is 0.233 e. The van der Waals surface area contributed by atoms with E-state index in [2.05, 4.69) is 5.32 Å². The highest BCUT2D eigenvalue weighted by Crippen LogP contribution is 2.34. The van der Waals surface area contributed by atoms with Crippen LogP contribution in [0, 0.1) is 0 Å². The van der Waals surface area contributed by atoms with Gasteiger partial charge in [0.05, 0.1) is 16.9 Å². The zero-order valence-corrected chi connectivity index (χ0v) is 12.0. The summed E-state index contributed by atoms with van der Waals surface area (Å²) in [6, 6.07) is 5.31. The highest BCUT2D eigenvalue weighted by atomic mass is 35.5. The molecule has 1 aromatic rings. The first-order chi connectivity index (χ1) is 8.56. The molecule has 0 aliphatic rings. The minimum absolute atomic E-state index is 0.0589. The van der Waals surface area contributed by atoms with Crippen LogP contribution in [0.5, 0.6) is 0 Å². The van der Waals surface area contributed by atoms with Gasteiger partial charge in [-0.25, -0.2) is 0 Å². The number of ether oxygens (including phenoxy) is 1. The molecule has 18 heavy (non-hydrogen) atoms. The number of hydrogen-bond acceptors (Lipinski definition) is 4. The fourth-order valence-electron chi connectivity index (χ4n) is 1.30. The molecule has 0 heterocycles. The standard InChI is InChI=1S/C12H17ClN2O2S/c1-8(12(16)15-6-7-17-2)18-11-9(13)4-3-5-10(11)14/h3-5,8H,6-7,14H2,1-2H3,(H,15,16). The number of benzene rings is 1. The summed E-state index contributed by atoms with van der Waals surface area (Å²) in [7, 11) is 1.59. The van der Waals surface area contributed by atoms with Gasteiger partial charge in [-0.3, -0.25) is 4.79 Å². The maximum atomic E-state index is 11.8. The van der Waals surface area contributed by atoms with Crippen molar-refractivity contribution in [2.45, 2.75) is 17.1 Å². The zero-order valence-electron chi connectivity index (χ0n) is 10.4. The van der Waals surface area contributed by atoms with Crippen LogP contribution in [0.15, 0.2) is 23.1 Å². The Bertz CT molecular complexity index is 395. The second-order valence-electron chi connectivity index (χ2n) is 3.70. The van der Waals surface area contributed by atoms with Gasteiger partial charge in [0.2, 0.25) is 5.91 Å². The van der Waals surface area contributed by atoms with Crippen molar-refractivity contribution in [3.05, 3.63) is 23.2 Å². The number of carbonyl (C=O) groups is 1. The lowest BCUT2D eigenvalue weighted by Crippen LogP contribution is -2.33. The molecule has 0 saturated carbocycles. The maximum absolute atomic E-state index is 11.8. The summed E-state index contributed by atoms with van der Waals surface area (Å²) in [6.07, 6.45) is 0. The lowest BCUT2D eigenvalue weighted by molar-refractivity contribution is -0.120. The summed E-state index contributed by atoms with van der Waals surface area (Å²) in [5.74, 6) is -0.0589. The average Bonchev–Trinajstić information content (AvgIpc) is 2.34. The Hall–Kier alpha value is -0.910. The summed E-state index contributed by atoms with van der Waals surface area (Å²) >= 11 is 7.41. The Morgan fingerprint density at radius 1 is 1.61 bits per heavy atom. The Morgan fingerprint density at radius 3 is 2.94 bits per heavy atom. The number of carbonyl (C=O) groups excluding carboxylic acids is 1. The van der Waals surface area contributed by atoms with E-state index < -0.39 is 0 Å². The first-order valence-corrected chi connectivity index (χ1v) is 6.79. The van der Waals surface area contributed by atoms with Crippen molar-refractivity contribution in [1.82, 2.24) is 5.32 Å². The van der Waals surface area contributed by atoms with Crippen LogP contribution >= 0.6 is 23.4 Å². The van der Waals surface area contributed by atoms with Crippen molar-refractivity contribution >= 4 is 35.0 Å². The molecule has 6 heteroatoms. The minimum Gasteiger partial charge on any atom is -0.398 e. The molecule has 0 aliphatic heterocycles. The SMILES string of the molecule is COCCNC(=O)C(C)Sc1c(N)cccc1Cl. The molecule has 1 amide bonds. The number of nitrogens with one attached hydrogen (secondary N) is 1. The van der Waals surface area contributed by atoms with Crippen LogP contribution in [0.3, 0.4) is 0 Å². The first kappa shape index (κ1) is 15.1. The van der Waals surface area contributed by atoms with E-state index in [1.54, 1.807) is 25.3 Å². The number of anilines is 1. The van der Waals surface area contributed by atoms with Crippen LogP contribution in [0.4, 0.5) is 5.69 Å². The van der Waals surface area contributed by atoms with E-state index in [1.165, 1.54) is 11.8 Å². The molecule has 1 unspecified atom stereocenters. The molecule has 100 valence electrons. The lowest BCUT2D eigenvalue weighted by atomic mass is 10.3. The fourth-order valence-corrected chi connectivity index (χ4v) is 2.54. The van der Waals surface area contributed by atoms with E-state index in [1.807, 2.05) is 6.92 Å². The van der Waals surface area contributed by atoms with Crippen LogP contribution < -0.4 is 11.1 Å². The molecule has 0 bridgehead atoms. The van der Waals surface area contributed by atoms with Crippen molar-refractivity contribution in [1.29, 1.82) is 0 Å². The summed E-state index contributed by atoms with van der Waals surface area (Å²) in [5.41, 5.74) is 6.42. The number of thioether (sulfide) groups is 1. The summed E-state index contributed by atoms with van der Waals surface area (Å²) < 4.78 is 4.87. The smallest absolute Gasteiger partial charge is 0.233 e. The zero-order chi connectivity index (χ0) is 13.5. The van der Waals surface area contributed by atoms with Gasteiger partial charge in [-0.1, -0.05) is 17.7 Å². The number of nitrogen functional groups attached to an aromatic ring is 1. The van der Waals surface area contributed by atoms with E-state index in [0.717, 1.165) is 4.90 Å². The molecule has 1 aromatic carbocycles. The Balaban J connectivity index is 2.58. The minimum atomic E-state index is -0.260. The molecule has 0 aliphatic carbocycles. The predicted octanol–water partition coefficient (Wildman–Crippen LogP) is 2.17. The molecule has 4 nitrogen and oxygen atoms in total. The van der Waals surface area contributed by atoms with Gasteiger partial charge in [0.1, 0.15) is 0 Å². The van der Waals surface area contributed by atoms with Crippen LogP contribution in [-0.2, 0) is 9.53 Å². The van der Waals surface area contributed by atoms with Crippen LogP contribution in [0.2, 0.25) is 5.02 Å². The molecule has 3 N–H and O–H groups in total. The number of amides is 1. The van der Waals surface area contributed by atoms with Crippen molar-refractivity contribution in [2.75, 3.05) is 26.0 Å². The average molecular weight is 289 g/mol. The molecule has 1 atom stereocenters. The summed E-state index contributed by atoms with van der Waals surface area (Å²) in [4.78, 5) is 12.5. The largest absolute Gasteiger partial charge is 0.398 e. The van der Waals surface area contributed by atoms with Crippen molar-refractivity contribution < 1.29 is 9.53 Å². The number of methoxy groups -OCH3 is 1. The highest BCUT2D eigenvalue weighted by Gasteiger charge is 2.16. The van der Waals surface area contributed by atoms with E-state index in [0.29, 0.717) is 23.9 Å². The quantitative estimate of drug-likeness (QED) is 0.478. The molecule has 0 fully saturated rings. The normalized spacial score (nSPS) is 12.2. The molecule has 0 aromatic heterocycles. The lowest BCUT2D eigenvalue weighted by Gasteiger charge is -2.14. The monoisotopic (exact) mass is 288 g/mol. The Morgan fingerprint density at radius 2 is 2.33 bits per heavy atom. The second-order valence-corrected chi connectivity index (χ2v) is 5.46. The molecule has 0 radical (unpaired) electrons. The van der Waals surface area contributed by atoms with E-state index in [-0.39, 0.29) is 11.2 Å². The number of nitrogens with two attached hydrogens (primary N) is 1. The van der Waals surface area contributed by atoms with Gasteiger partial charge < -0.3 is 15.8 Å². The van der Waals surface area contributed by atoms with Crippen molar-refractivity contribution in [3.8, 4) is 0 Å². The fraction of sp³-hybridized carbons (Fsp3) is 0.417. The van der Waals surface area contributed by atoms with Gasteiger partial charge in [0.15, 0.2) is 0 Å². The van der Waals surface area contributed by atoms with E-state index in [4.69, 9.17) is 22.1 Å². The molecular formula is C12H17ClN2O2S. The van der Waals surface area contributed by atoms with Gasteiger partial charge >= 0.3 is 0 Å². The van der Waals surface area contributed by atoms with Gasteiger partial charge in [-0.2, -0.15) is 0 Å². The molecular weight excluding hydrogens is 272 g/mol. The third kappa shape index (κ3) is 4.40. The van der Waals surface area contributed by atoms with Crippen molar-refractivity contribution in [3.63, 3.8) is 0 Å². The van der Waals surface area contributed by atoms with Gasteiger partial charge in [0.25, 0.3) is 0 Å².